The maximum atomic E-state index is 12.2. The molecule has 1 N–H and O–H groups in total. The SMILES string of the molecule is CCOc1ccc(Br)cc1C(=O)NN=Cc1cccc(Cl)c1. The van der Waals surface area contributed by atoms with Crippen LogP contribution in [-0.2, 0) is 0 Å². The lowest BCUT2D eigenvalue weighted by molar-refractivity contribution is 0.0951. The summed E-state index contributed by atoms with van der Waals surface area (Å²) in [4.78, 5) is 12.2. The molecule has 0 bridgehead atoms. The number of hydrogen-bond acceptors (Lipinski definition) is 3. The van der Waals surface area contributed by atoms with Crippen molar-refractivity contribution in [2.24, 2.45) is 5.10 Å². The summed E-state index contributed by atoms with van der Waals surface area (Å²) in [5.74, 6) is 0.171. The van der Waals surface area contributed by atoms with Crippen LogP contribution in [0.2, 0.25) is 5.02 Å². The van der Waals surface area contributed by atoms with Gasteiger partial charge in [0.15, 0.2) is 0 Å². The molecule has 0 aliphatic rings. The van der Waals surface area contributed by atoms with Crippen molar-refractivity contribution in [1.29, 1.82) is 0 Å². The fourth-order valence-corrected chi connectivity index (χ4v) is 2.33. The molecule has 1 amide bonds. The number of carbonyl (C=O) groups excluding carboxylic acids is 1. The third-order valence-electron chi connectivity index (χ3n) is 2.71. The van der Waals surface area contributed by atoms with Crippen molar-refractivity contribution in [2.75, 3.05) is 6.61 Å². The summed E-state index contributed by atoms with van der Waals surface area (Å²) in [5, 5.41) is 4.55. The highest BCUT2D eigenvalue weighted by Gasteiger charge is 2.12. The zero-order valence-electron chi connectivity index (χ0n) is 11.8. The Hall–Kier alpha value is -1.85. The van der Waals surface area contributed by atoms with Crippen molar-refractivity contribution < 1.29 is 9.53 Å². The van der Waals surface area contributed by atoms with Crippen LogP contribution in [0.3, 0.4) is 0 Å². The predicted octanol–water partition coefficient (Wildman–Crippen LogP) is 4.27. The third kappa shape index (κ3) is 4.58. The molecule has 2 aromatic rings. The highest BCUT2D eigenvalue weighted by atomic mass is 79.9. The van der Waals surface area contributed by atoms with Crippen LogP contribution in [0.25, 0.3) is 0 Å². The van der Waals surface area contributed by atoms with Crippen LogP contribution in [0.5, 0.6) is 5.75 Å². The Labute approximate surface area is 142 Å². The van der Waals surface area contributed by atoms with Gasteiger partial charge in [-0.3, -0.25) is 4.79 Å². The minimum Gasteiger partial charge on any atom is -0.493 e. The minimum atomic E-state index is -0.344. The number of nitrogens with zero attached hydrogens (tertiary/aromatic N) is 1. The van der Waals surface area contributed by atoms with E-state index in [1.807, 2.05) is 25.1 Å². The van der Waals surface area contributed by atoms with E-state index in [1.54, 1.807) is 24.3 Å². The first-order valence-corrected chi connectivity index (χ1v) is 7.78. The van der Waals surface area contributed by atoms with Crippen LogP contribution in [0.1, 0.15) is 22.8 Å². The van der Waals surface area contributed by atoms with E-state index in [0.29, 0.717) is 22.9 Å². The molecule has 0 unspecified atom stereocenters. The fourth-order valence-electron chi connectivity index (χ4n) is 1.77. The van der Waals surface area contributed by atoms with E-state index in [-0.39, 0.29) is 5.91 Å². The second-order valence-electron chi connectivity index (χ2n) is 4.33. The molecule has 0 aromatic heterocycles. The first-order chi connectivity index (χ1) is 10.6. The van der Waals surface area contributed by atoms with Gasteiger partial charge < -0.3 is 4.74 Å². The molecule has 0 saturated carbocycles. The number of nitrogens with one attached hydrogen (secondary N) is 1. The molecular formula is C16H14BrClN2O2. The maximum absolute atomic E-state index is 12.2. The highest BCUT2D eigenvalue weighted by molar-refractivity contribution is 9.10. The van der Waals surface area contributed by atoms with Gasteiger partial charge in [-0.25, -0.2) is 5.43 Å². The van der Waals surface area contributed by atoms with Crippen molar-refractivity contribution in [2.45, 2.75) is 6.92 Å². The normalized spacial score (nSPS) is 10.7. The third-order valence-corrected chi connectivity index (χ3v) is 3.44. The van der Waals surface area contributed by atoms with Gasteiger partial charge in [0.1, 0.15) is 5.75 Å². The molecule has 6 heteroatoms. The Kier molecular flexibility index (Phi) is 5.98. The fraction of sp³-hybridized carbons (Fsp3) is 0.125. The number of amides is 1. The van der Waals surface area contributed by atoms with Crippen LogP contribution < -0.4 is 10.2 Å². The number of benzene rings is 2. The topological polar surface area (TPSA) is 50.7 Å². The lowest BCUT2D eigenvalue weighted by Crippen LogP contribution is -2.18. The predicted molar refractivity (Wildman–Crippen MR) is 91.8 cm³/mol. The summed E-state index contributed by atoms with van der Waals surface area (Å²) >= 11 is 9.22. The Morgan fingerprint density at radius 2 is 2.18 bits per heavy atom. The molecule has 0 radical (unpaired) electrons. The number of halogens is 2. The Balaban J connectivity index is 2.10. The summed E-state index contributed by atoms with van der Waals surface area (Å²) < 4.78 is 6.23. The zero-order chi connectivity index (χ0) is 15.9. The second kappa shape index (κ2) is 7.96. The summed E-state index contributed by atoms with van der Waals surface area (Å²) in [7, 11) is 0. The molecule has 0 atom stereocenters. The van der Waals surface area contributed by atoms with Crippen LogP contribution in [-0.4, -0.2) is 18.7 Å². The molecular weight excluding hydrogens is 368 g/mol. The van der Waals surface area contributed by atoms with Crippen molar-refractivity contribution in [3.63, 3.8) is 0 Å². The molecule has 2 rings (SSSR count). The van der Waals surface area contributed by atoms with E-state index in [4.69, 9.17) is 16.3 Å². The molecule has 0 aliphatic heterocycles. The lowest BCUT2D eigenvalue weighted by Gasteiger charge is -2.09. The van der Waals surface area contributed by atoms with Crippen LogP contribution in [0.4, 0.5) is 0 Å². The molecule has 0 aliphatic carbocycles. The Morgan fingerprint density at radius 1 is 1.36 bits per heavy atom. The van der Waals surface area contributed by atoms with Crippen LogP contribution in [0.15, 0.2) is 52.0 Å². The first-order valence-electron chi connectivity index (χ1n) is 6.61. The lowest BCUT2D eigenvalue weighted by atomic mass is 10.2. The van der Waals surface area contributed by atoms with Crippen molar-refractivity contribution >= 4 is 39.7 Å². The van der Waals surface area contributed by atoms with Gasteiger partial charge in [0.2, 0.25) is 0 Å². The Morgan fingerprint density at radius 3 is 2.91 bits per heavy atom. The van der Waals surface area contributed by atoms with Crippen molar-refractivity contribution in [1.82, 2.24) is 5.43 Å². The number of rotatable bonds is 5. The number of carbonyl (C=O) groups is 1. The first kappa shape index (κ1) is 16.5. The van der Waals surface area contributed by atoms with Gasteiger partial charge in [-0.1, -0.05) is 39.7 Å². The summed E-state index contributed by atoms with van der Waals surface area (Å²) in [5.41, 5.74) is 3.69. The van der Waals surface area contributed by atoms with Gasteiger partial charge in [0.25, 0.3) is 5.91 Å². The van der Waals surface area contributed by atoms with Gasteiger partial charge in [0.05, 0.1) is 18.4 Å². The number of hydrazone groups is 1. The molecule has 22 heavy (non-hydrogen) atoms. The molecule has 0 saturated heterocycles. The largest absolute Gasteiger partial charge is 0.493 e. The van der Waals surface area contributed by atoms with E-state index in [0.717, 1.165) is 10.0 Å². The smallest absolute Gasteiger partial charge is 0.275 e. The van der Waals surface area contributed by atoms with Gasteiger partial charge in [0, 0.05) is 9.50 Å². The molecule has 0 fully saturated rings. The van der Waals surface area contributed by atoms with E-state index in [2.05, 4.69) is 26.5 Å². The van der Waals surface area contributed by atoms with E-state index in [9.17, 15) is 4.79 Å². The van der Waals surface area contributed by atoms with Gasteiger partial charge in [-0.05, 0) is 42.8 Å². The van der Waals surface area contributed by atoms with Gasteiger partial charge >= 0.3 is 0 Å². The van der Waals surface area contributed by atoms with E-state index >= 15 is 0 Å². The average Bonchev–Trinajstić information content (AvgIpc) is 2.49. The van der Waals surface area contributed by atoms with E-state index < -0.39 is 0 Å². The van der Waals surface area contributed by atoms with Gasteiger partial charge in [-0.2, -0.15) is 5.10 Å². The molecule has 0 spiro atoms. The quantitative estimate of drug-likeness (QED) is 0.621. The van der Waals surface area contributed by atoms with E-state index in [1.165, 1.54) is 6.21 Å². The average molecular weight is 382 g/mol. The highest BCUT2D eigenvalue weighted by Crippen LogP contribution is 2.23. The van der Waals surface area contributed by atoms with Crippen molar-refractivity contribution in [3.05, 3.63) is 63.1 Å². The zero-order valence-corrected chi connectivity index (χ0v) is 14.2. The molecule has 0 heterocycles. The number of hydrogen-bond donors (Lipinski definition) is 1. The maximum Gasteiger partial charge on any atom is 0.275 e. The minimum absolute atomic E-state index is 0.344. The van der Waals surface area contributed by atoms with Crippen LogP contribution in [0, 0.1) is 0 Å². The van der Waals surface area contributed by atoms with Crippen LogP contribution >= 0.6 is 27.5 Å². The molecule has 2 aromatic carbocycles. The molecule has 4 nitrogen and oxygen atoms in total. The summed E-state index contributed by atoms with van der Waals surface area (Å²) in [6.07, 6.45) is 1.53. The summed E-state index contributed by atoms with van der Waals surface area (Å²) in [6.45, 7) is 2.34. The molecule has 114 valence electrons. The standard InChI is InChI=1S/C16H14BrClN2O2/c1-2-22-15-7-6-12(17)9-14(15)16(21)20-19-10-11-4-3-5-13(18)8-11/h3-10H,2H2,1H3,(H,20,21). The Bertz CT molecular complexity index is 704. The van der Waals surface area contributed by atoms with Crippen molar-refractivity contribution in [3.8, 4) is 5.75 Å². The summed E-state index contributed by atoms with van der Waals surface area (Å²) in [6, 6.07) is 12.4. The van der Waals surface area contributed by atoms with Gasteiger partial charge in [-0.15, -0.1) is 0 Å². The monoisotopic (exact) mass is 380 g/mol. The second-order valence-corrected chi connectivity index (χ2v) is 5.68. The number of ether oxygens (including phenoxy) is 1.